The SMILES string of the molecule is CC1CCC(Cn2cc(Br)cc(Br)c2=O)O1. The van der Waals surface area contributed by atoms with Gasteiger partial charge in [0.25, 0.3) is 5.56 Å². The molecule has 0 amide bonds. The molecule has 5 heteroatoms. The Hall–Kier alpha value is -0.130. The fourth-order valence-electron chi connectivity index (χ4n) is 1.94. The van der Waals surface area contributed by atoms with Crippen molar-refractivity contribution in [2.24, 2.45) is 0 Å². The Kier molecular flexibility index (Phi) is 3.87. The highest BCUT2D eigenvalue weighted by atomic mass is 79.9. The summed E-state index contributed by atoms with van der Waals surface area (Å²) < 4.78 is 8.87. The molecule has 88 valence electrons. The highest BCUT2D eigenvalue weighted by Gasteiger charge is 2.22. The Bertz CT molecular complexity index is 444. The van der Waals surface area contributed by atoms with Crippen LogP contribution in [0.4, 0.5) is 0 Å². The average molecular weight is 351 g/mol. The maximum atomic E-state index is 11.8. The van der Waals surface area contributed by atoms with Crippen LogP contribution in [0.1, 0.15) is 19.8 Å². The standard InChI is InChI=1S/C11H13Br2NO2/c1-7-2-3-9(16-7)6-14-5-8(12)4-10(13)11(14)15/h4-5,7,9H,2-3,6H2,1H3. The lowest BCUT2D eigenvalue weighted by molar-refractivity contribution is 0.0451. The van der Waals surface area contributed by atoms with Crippen molar-refractivity contribution in [3.8, 4) is 0 Å². The monoisotopic (exact) mass is 349 g/mol. The number of rotatable bonds is 2. The maximum absolute atomic E-state index is 11.8. The van der Waals surface area contributed by atoms with Crippen LogP contribution >= 0.6 is 31.9 Å². The zero-order chi connectivity index (χ0) is 11.7. The van der Waals surface area contributed by atoms with Crippen molar-refractivity contribution < 1.29 is 4.74 Å². The van der Waals surface area contributed by atoms with E-state index in [0.29, 0.717) is 17.1 Å². The Morgan fingerprint density at radius 2 is 2.25 bits per heavy atom. The predicted molar refractivity (Wildman–Crippen MR) is 69.7 cm³/mol. The molecule has 0 radical (unpaired) electrons. The predicted octanol–water partition coefficient (Wildman–Crippen LogP) is 2.94. The van der Waals surface area contributed by atoms with E-state index in [4.69, 9.17) is 4.74 Å². The molecule has 1 saturated heterocycles. The minimum Gasteiger partial charge on any atom is -0.373 e. The highest BCUT2D eigenvalue weighted by molar-refractivity contribution is 9.11. The fourth-order valence-corrected chi connectivity index (χ4v) is 3.20. The molecular weight excluding hydrogens is 338 g/mol. The number of ether oxygens (including phenoxy) is 1. The topological polar surface area (TPSA) is 31.2 Å². The number of nitrogens with zero attached hydrogens (tertiary/aromatic N) is 1. The maximum Gasteiger partial charge on any atom is 0.264 e. The molecule has 1 aromatic heterocycles. The van der Waals surface area contributed by atoms with E-state index in [1.807, 2.05) is 0 Å². The van der Waals surface area contributed by atoms with Crippen molar-refractivity contribution in [2.75, 3.05) is 0 Å². The fraction of sp³-hybridized carbons (Fsp3) is 0.545. The quantitative estimate of drug-likeness (QED) is 0.821. The van der Waals surface area contributed by atoms with Crippen LogP contribution in [0.25, 0.3) is 0 Å². The molecule has 1 aliphatic rings. The second-order valence-electron chi connectivity index (χ2n) is 4.11. The molecule has 1 aromatic rings. The molecule has 1 fully saturated rings. The summed E-state index contributed by atoms with van der Waals surface area (Å²) in [7, 11) is 0. The summed E-state index contributed by atoms with van der Waals surface area (Å²) in [6, 6.07) is 1.76. The van der Waals surface area contributed by atoms with E-state index in [1.165, 1.54) is 0 Å². The minimum atomic E-state index is -0.00801. The van der Waals surface area contributed by atoms with Gasteiger partial charge in [-0.25, -0.2) is 0 Å². The highest BCUT2D eigenvalue weighted by Crippen LogP contribution is 2.21. The van der Waals surface area contributed by atoms with Crippen LogP contribution in [0.2, 0.25) is 0 Å². The first-order valence-electron chi connectivity index (χ1n) is 5.27. The van der Waals surface area contributed by atoms with E-state index < -0.39 is 0 Å². The number of halogens is 2. The van der Waals surface area contributed by atoms with E-state index >= 15 is 0 Å². The molecule has 16 heavy (non-hydrogen) atoms. The van der Waals surface area contributed by atoms with E-state index in [0.717, 1.165) is 17.3 Å². The van der Waals surface area contributed by atoms with Crippen LogP contribution in [0, 0.1) is 0 Å². The third-order valence-electron chi connectivity index (χ3n) is 2.73. The van der Waals surface area contributed by atoms with Crippen LogP contribution in [0.3, 0.4) is 0 Å². The minimum absolute atomic E-state index is 0.00801. The van der Waals surface area contributed by atoms with Crippen LogP contribution in [0.5, 0.6) is 0 Å². The number of hydrogen-bond donors (Lipinski definition) is 0. The molecule has 0 bridgehead atoms. The summed E-state index contributed by atoms with van der Waals surface area (Å²) in [4.78, 5) is 11.8. The number of pyridine rings is 1. The molecule has 0 spiro atoms. The lowest BCUT2D eigenvalue weighted by Crippen LogP contribution is -2.26. The Morgan fingerprint density at radius 1 is 1.50 bits per heavy atom. The molecule has 2 atom stereocenters. The van der Waals surface area contributed by atoms with Crippen molar-refractivity contribution in [3.05, 3.63) is 31.6 Å². The lowest BCUT2D eigenvalue weighted by atomic mass is 10.2. The van der Waals surface area contributed by atoms with E-state index in [2.05, 4.69) is 38.8 Å². The van der Waals surface area contributed by atoms with Gasteiger partial charge in [0.05, 0.1) is 23.2 Å². The Morgan fingerprint density at radius 3 is 2.88 bits per heavy atom. The summed E-state index contributed by atoms with van der Waals surface area (Å²) in [5, 5.41) is 0. The largest absolute Gasteiger partial charge is 0.373 e. The summed E-state index contributed by atoms with van der Waals surface area (Å²) in [6.07, 6.45) is 4.39. The first kappa shape index (κ1) is 12.3. The van der Waals surface area contributed by atoms with Gasteiger partial charge in [-0.15, -0.1) is 0 Å². The zero-order valence-corrected chi connectivity index (χ0v) is 12.1. The Labute approximate surface area is 111 Å². The smallest absolute Gasteiger partial charge is 0.264 e. The first-order valence-corrected chi connectivity index (χ1v) is 6.86. The van der Waals surface area contributed by atoms with E-state index in [1.54, 1.807) is 16.8 Å². The molecule has 1 aliphatic heterocycles. The van der Waals surface area contributed by atoms with Gasteiger partial charge in [0.2, 0.25) is 0 Å². The van der Waals surface area contributed by atoms with Gasteiger partial charge in [-0.2, -0.15) is 0 Å². The molecule has 2 unspecified atom stereocenters. The van der Waals surface area contributed by atoms with Crippen molar-refractivity contribution in [2.45, 2.75) is 38.5 Å². The van der Waals surface area contributed by atoms with Crippen LogP contribution < -0.4 is 5.56 Å². The molecular formula is C11H13Br2NO2. The normalized spacial score (nSPS) is 24.9. The summed E-state index contributed by atoms with van der Waals surface area (Å²) in [6.45, 7) is 2.70. The van der Waals surface area contributed by atoms with Gasteiger partial charge in [0.15, 0.2) is 0 Å². The van der Waals surface area contributed by atoms with Crippen LogP contribution in [-0.4, -0.2) is 16.8 Å². The summed E-state index contributed by atoms with van der Waals surface area (Å²) in [5.74, 6) is 0. The van der Waals surface area contributed by atoms with E-state index in [9.17, 15) is 4.79 Å². The molecule has 0 aliphatic carbocycles. The van der Waals surface area contributed by atoms with Crippen molar-refractivity contribution in [1.29, 1.82) is 0 Å². The van der Waals surface area contributed by atoms with Gasteiger partial charge in [-0.05, 0) is 57.7 Å². The van der Waals surface area contributed by atoms with Crippen molar-refractivity contribution in [1.82, 2.24) is 4.57 Å². The Balaban J connectivity index is 2.18. The molecule has 0 aromatic carbocycles. The molecule has 3 nitrogen and oxygen atoms in total. The zero-order valence-electron chi connectivity index (χ0n) is 8.95. The average Bonchev–Trinajstić information content (AvgIpc) is 2.60. The van der Waals surface area contributed by atoms with Gasteiger partial charge >= 0.3 is 0 Å². The molecule has 0 N–H and O–H groups in total. The third-order valence-corrected chi connectivity index (χ3v) is 3.73. The molecule has 2 heterocycles. The van der Waals surface area contributed by atoms with Crippen molar-refractivity contribution in [3.63, 3.8) is 0 Å². The third kappa shape index (κ3) is 2.76. The van der Waals surface area contributed by atoms with Gasteiger partial charge < -0.3 is 9.30 Å². The number of aromatic nitrogens is 1. The second kappa shape index (κ2) is 5.02. The van der Waals surface area contributed by atoms with Crippen LogP contribution in [0.15, 0.2) is 26.0 Å². The molecule has 2 rings (SSSR count). The van der Waals surface area contributed by atoms with Gasteiger partial charge in [0, 0.05) is 10.7 Å². The van der Waals surface area contributed by atoms with Gasteiger partial charge in [-0.3, -0.25) is 4.79 Å². The summed E-state index contributed by atoms with van der Waals surface area (Å²) >= 11 is 6.63. The van der Waals surface area contributed by atoms with Crippen LogP contribution in [-0.2, 0) is 11.3 Å². The second-order valence-corrected chi connectivity index (χ2v) is 5.88. The van der Waals surface area contributed by atoms with Crippen molar-refractivity contribution >= 4 is 31.9 Å². The first-order chi connectivity index (χ1) is 7.56. The lowest BCUT2D eigenvalue weighted by Gasteiger charge is -2.13. The number of hydrogen-bond acceptors (Lipinski definition) is 2. The van der Waals surface area contributed by atoms with E-state index in [-0.39, 0.29) is 11.7 Å². The molecule has 0 saturated carbocycles. The summed E-state index contributed by atoms with van der Waals surface area (Å²) in [5.41, 5.74) is -0.00801. The van der Waals surface area contributed by atoms with Gasteiger partial charge in [0.1, 0.15) is 0 Å². The van der Waals surface area contributed by atoms with Gasteiger partial charge in [-0.1, -0.05) is 0 Å².